The zero-order valence-electron chi connectivity index (χ0n) is 65.2. The van der Waals surface area contributed by atoms with Crippen LogP contribution in [0.5, 0.6) is 0 Å². The van der Waals surface area contributed by atoms with Gasteiger partial charge in [0, 0.05) is 95.9 Å². The average molecular weight is 1580 g/mol. The summed E-state index contributed by atoms with van der Waals surface area (Å²) in [7, 11) is 6.31. The molecule has 8 aliphatic rings. The van der Waals surface area contributed by atoms with E-state index < -0.39 is 0 Å². The van der Waals surface area contributed by atoms with Crippen LogP contribution in [0.15, 0.2) is 192 Å². The summed E-state index contributed by atoms with van der Waals surface area (Å²) in [4.78, 5) is 34.3. The number of H-pyrrole nitrogens is 4. The number of aromatic amines is 4. The van der Waals surface area contributed by atoms with E-state index >= 15 is 0 Å². The lowest BCUT2D eigenvalue weighted by Gasteiger charge is -2.37. The summed E-state index contributed by atoms with van der Waals surface area (Å²) in [6.45, 7) is 37.0. The predicted molar refractivity (Wildman–Crippen MR) is 439 cm³/mol. The number of piperidine rings is 2. The van der Waals surface area contributed by atoms with Crippen molar-refractivity contribution in [1.29, 1.82) is 0 Å². The summed E-state index contributed by atoms with van der Waals surface area (Å²) in [6.07, 6.45) is 19.4. The van der Waals surface area contributed by atoms with Gasteiger partial charge in [-0.05, 0) is 222 Å². The van der Waals surface area contributed by atoms with Crippen molar-refractivity contribution in [2.75, 3.05) is 73.5 Å². The quantitative estimate of drug-likeness (QED) is 0.0543. The van der Waals surface area contributed by atoms with Crippen molar-refractivity contribution in [3.05, 3.63) is 264 Å². The van der Waals surface area contributed by atoms with E-state index in [1.807, 2.05) is 90.8 Å². The molecule has 594 valence electrons. The molecule has 14 heterocycles. The summed E-state index contributed by atoms with van der Waals surface area (Å²) in [6, 6.07) is 34.8. The van der Waals surface area contributed by atoms with Gasteiger partial charge < -0.3 is 41.3 Å². The van der Waals surface area contributed by atoms with Crippen LogP contribution < -0.4 is 31.5 Å². The molecule has 4 unspecified atom stereocenters. The van der Waals surface area contributed by atoms with Crippen LogP contribution in [-0.4, -0.2) is 157 Å². The molecule has 33 heteroatoms. The van der Waals surface area contributed by atoms with Crippen LogP contribution >= 0.6 is 0 Å². The van der Waals surface area contributed by atoms with Crippen LogP contribution in [0.25, 0.3) is 63.5 Å². The van der Waals surface area contributed by atoms with Crippen LogP contribution in [0.4, 0.5) is 29.0 Å². The summed E-state index contributed by atoms with van der Waals surface area (Å²) >= 11 is 0. The SMILES string of the molecule is [C-]#[N+]C1=C(C2CCC(N(C)C)CC2)Nc2[nH]ncc2C1c1cccc2nonc12.[C-]#[N+]C1=C(C2CCC(NC)CC2)Nc2[nH]ncc2C1c1cccc2nonc12.[C-]#[N+]C1=C(C2CCN(C(C)=O)CC2)Nc2[nH]ncc2C1c1cccc2nonc12.[C-]#[N+]C1=C(C2CCN(c3ccccc3)CC2)Nc2[nH]ncc2C1c1cccc2nonc12. The number of allylic oxidation sites excluding steroid dienone is 8. The van der Waals surface area contributed by atoms with Gasteiger partial charge in [-0.1, -0.05) is 66.7 Å². The van der Waals surface area contributed by atoms with Crippen LogP contribution in [0.2, 0.25) is 0 Å². The predicted octanol–water partition coefficient (Wildman–Crippen LogP) is 14.6. The van der Waals surface area contributed by atoms with Gasteiger partial charge in [0.25, 0.3) is 0 Å². The van der Waals surface area contributed by atoms with Gasteiger partial charge in [0.15, 0.2) is 22.8 Å². The number of likely N-dealkylation sites (tertiary alicyclic amines) is 1. The molecule has 13 aromatic rings. The third-order valence-corrected chi connectivity index (χ3v) is 24.9. The van der Waals surface area contributed by atoms with Crippen LogP contribution in [0.3, 0.4) is 0 Å². The number of aromatic nitrogens is 16. The fourth-order valence-electron chi connectivity index (χ4n) is 18.8. The van der Waals surface area contributed by atoms with Gasteiger partial charge in [0.2, 0.25) is 5.91 Å². The van der Waals surface area contributed by atoms with E-state index in [0.29, 0.717) is 92.5 Å². The van der Waals surface area contributed by atoms with Crippen molar-refractivity contribution in [2.24, 2.45) is 23.7 Å². The van der Waals surface area contributed by atoms with Gasteiger partial charge >= 0.3 is 0 Å². The third kappa shape index (κ3) is 14.0. The van der Waals surface area contributed by atoms with E-state index in [2.05, 4.69) is 176 Å². The Morgan fingerprint density at radius 1 is 0.398 bits per heavy atom. The number of hydrogen-bond acceptors (Lipinski definition) is 24. The minimum atomic E-state index is -0.307. The minimum absolute atomic E-state index is 0.0957. The number of rotatable bonds is 11. The highest BCUT2D eigenvalue weighted by Gasteiger charge is 2.43. The van der Waals surface area contributed by atoms with E-state index in [1.165, 1.54) is 5.69 Å². The summed E-state index contributed by atoms with van der Waals surface area (Å²) in [5.41, 5.74) is 20.8. The van der Waals surface area contributed by atoms with Crippen LogP contribution in [-0.2, 0) is 4.79 Å². The number of carbonyl (C=O) groups is 1. The maximum absolute atomic E-state index is 11.7. The average Bonchev–Trinajstić information content (AvgIpc) is 1.49. The number of benzene rings is 5. The monoisotopic (exact) mass is 1580 g/mol. The number of fused-ring (bicyclic) bond motifs is 8. The van der Waals surface area contributed by atoms with Crippen molar-refractivity contribution < 1.29 is 23.3 Å². The molecule has 2 saturated heterocycles. The molecule has 0 bridgehead atoms. The zero-order valence-corrected chi connectivity index (χ0v) is 65.2. The van der Waals surface area contributed by atoms with Gasteiger partial charge in [0.1, 0.15) is 67.4 Å². The van der Waals surface area contributed by atoms with E-state index in [-0.39, 0.29) is 41.4 Å². The Hall–Kier alpha value is -14.2. The van der Waals surface area contributed by atoms with Crippen molar-refractivity contribution in [3.8, 4) is 0 Å². The molecular weight excluding hydrogens is 1490 g/mol. The Labute approximate surface area is 676 Å². The number of anilines is 5. The van der Waals surface area contributed by atoms with Crippen molar-refractivity contribution in [1.82, 2.24) is 97.2 Å². The molecule has 5 aromatic carbocycles. The summed E-state index contributed by atoms with van der Waals surface area (Å²) in [5, 5.41) is 78.8. The molecule has 4 atom stereocenters. The maximum Gasteiger partial charge on any atom is 0.219 e. The summed E-state index contributed by atoms with van der Waals surface area (Å²) < 4.78 is 19.9. The van der Waals surface area contributed by atoms with Crippen molar-refractivity contribution in [3.63, 3.8) is 0 Å². The lowest BCUT2D eigenvalue weighted by Crippen LogP contribution is -2.38. The fraction of sp³-hybridized carbons (Fsp3) is 0.353. The molecule has 0 spiro atoms. The second-order valence-electron chi connectivity index (χ2n) is 31.3. The number of nitrogens with zero attached hydrogens (tertiary/aromatic N) is 19. The molecular formula is C85H84N28O5. The third-order valence-electron chi connectivity index (χ3n) is 24.9. The van der Waals surface area contributed by atoms with E-state index in [9.17, 15) is 4.79 Å². The first-order valence-corrected chi connectivity index (χ1v) is 39.9. The number of hydrogen-bond donors (Lipinski definition) is 9. The second-order valence-corrected chi connectivity index (χ2v) is 31.3. The van der Waals surface area contributed by atoms with Crippen LogP contribution in [0.1, 0.15) is 152 Å². The molecule has 9 N–H and O–H groups in total. The molecule has 33 nitrogen and oxygen atoms in total. The zero-order chi connectivity index (χ0) is 80.5. The number of carbonyl (C=O) groups excluding carboxylic acids is 1. The Kier molecular flexibility index (Phi) is 20.8. The second kappa shape index (κ2) is 32.6. The molecule has 0 radical (unpaired) electrons. The molecule has 2 saturated carbocycles. The number of nitrogens with one attached hydrogen (secondary N) is 9. The van der Waals surface area contributed by atoms with Crippen molar-refractivity contribution in [2.45, 2.75) is 120 Å². The Bertz CT molecular complexity index is 6180. The largest absolute Gasteiger partial charge is 0.371 e. The Morgan fingerprint density at radius 2 is 0.712 bits per heavy atom. The van der Waals surface area contributed by atoms with E-state index in [0.717, 1.165) is 192 Å². The highest BCUT2D eigenvalue weighted by Crippen LogP contribution is 2.52. The molecule has 2 aliphatic carbocycles. The highest BCUT2D eigenvalue weighted by molar-refractivity contribution is 5.84. The molecule has 118 heavy (non-hydrogen) atoms. The lowest BCUT2D eigenvalue weighted by molar-refractivity contribution is -0.130. The molecule has 8 aromatic heterocycles. The number of amides is 1. The van der Waals surface area contributed by atoms with Crippen LogP contribution in [0, 0.1) is 50.0 Å². The molecule has 1 amide bonds. The molecule has 4 fully saturated rings. The number of para-hydroxylation sites is 1. The molecule has 21 rings (SSSR count). The topological polar surface area (TPSA) is 375 Å². The van der Waals surface area contributed by atoms with E-state index in [1.54, 1.807) is 31.7 Å². The van der Waals surface area contributed by atoms with Gasteiger partial charge in [-0.15, -0.1) is 0 Å². The standard InChI is InChI=1S/C24H21N7O.C21H23N7O.C20H19N7O2.C20H21N7O/c1-25-23-20(17-8-5-9-19-22(17)30-32-29-19)18-14-26-28-24(18)27-21(23)15-10-12-31(13-11-15)16-6-3-2-4-7-16;1-22-20-17(14-5-4-6-16-19(14)27-29-26-16)15-11-23-25-21(15)24-18(20)12-7-9-13(10-8-12)28(2)3;1-11(28)27-8-6-12(7-9-27)17-19(21-2)16(14-10-22-24-20(14)23-17)13-4-3-5-15-18(13)26-29-25-15;1-21-12-8-6-11(7-9-12)17-19(22-2)16(14-10-23-25-20(14)24-17)13-4-3-5-15-18(13)27-28-26-15/h2-9,14-15,20H,10-13H2,(H2,26,27,28);4-6,11-13,17H,7-10H2,2-3H3,(H2,23,24,25);3-5,10,12,16H,6-9H2,1H3,(H2,22,23,24);3-5,10-12,16,21H,6-9H2,1H3,(H2,23,24,25). The smallest absolute Gasteiger partial charge is 0.219 e. The van der Waals surface area contributed by atoms with Gasteiger partial charge in [-0.2, -0.15) is 20.4 Å². The first kappa shape index (κ1) is 75.2. The minimum Gasteiger partial charge on any atom is -0.371 e. The fourth-order valence-corrected chi connectivity index (χ4v) is 18.8. The van der Waals surface area contributed by atoms with Gasteiger partial charge in [-0.25, -0.2) is 37.9 Å². The Balaban J connectivity index is 0.000000109. The normalized spacial score (nSPS) is 21.8. The first-order valence-electron chi connectivity index (χ1n) is 39.9. The summed E-state index contributed by atoms with van der Waals surface area (Å²) in [5.74, 6) is 3.52. The maximum atomic E-state index is 11.7. The van der Waals surface area contributed by atoms with Gasteiger partial charge in [-0.3, -0.25) is 25.2 Å². The highest BCUT2D eigenvalue weighted by atomic mass is 16.6. The first-order chi connectivity index (χ1) is 58.0. The lowest BCUT2D eigenvalue weighted by atomic mass is 9.78. The van der Waals surface area contributed by atoms with Crippen molar-refractivity contribution >= 4 is 79.0 Å². The molecule has 6 aliphatic heterocycles. The Morgan fingerprint density at radius 3 is 1.02 bits per heavy atom. The van der Waals surface area contributed by atoms with Gasteiger partial charge in [0.05, 0.1) is 74.7 Å². The van der Waals surface area contributed by atoms with E-state index in [4.69, 9.17) is 44.8 Å².